The quantitative estimate of drug-likeness (QED) is 0.397. The molecule has 9 nitrogen and oxygen atoms in total. The molecule has 0 amide bonds. The van der Waals surface area contributed by atoms with Crippen molar-refractivity contribution in [3.05, 3.63) is 99.6 Å². The molecule has 34 heavy (non-hydrogen) atoms. The number of ether oxygens (including phenoxy) is 2. The highest BCUT2D eigenvalue weighted by Gasteiger charge is 2.37. The maximum atomic E-state index is 13.6. The number of hydrogen-bond acceptors (Lipinski definition) is 7. The van der Waals surface area contributed by atoms with Gasteiger partial charge in [0.1, 0.15) is 0 Å². The van der Waals surface area contributed by atoms with Gasteiger partial charge in [-0.1, -0.05) is 29.8 Å². The second-order valence-electron chi connectivity index (χ2n) is 7.67. The molecule has 4 rings (SSSR count). The van der Waals surface area contributed by atoms with Gasteiger partial charge >= 0.3 is 0 Å². The molecule has 0 bridgehead atoms. The maximum Gasteiger partial charge on any atom is 0.269 e. The Balaban J connectivity index is 1.82. The summed E-state index contributed by atoms with van der Waals surface area (Å²) in [7, 11) is -0.972. The molecule has 1 aliphatic heterocycles. The molecule has 1 N–H and O–H groups in total. The first kappa shape index (κ1) is 23.3. The lowest BCUT2D eigenvalue weighted by Crippen LogP contribution is -2.39. The largest absolute Gasteiger partial charge is 0.493 e. The molecule has 3 aromatic rings. The van der Waals surface area contributed by atoms with Gasteiger partial charge in [0, 0.05) is 17.7 Å². The van der Waals surface area contributed by atoms with Crippen molar-refractivity contribution in [1.29, 1.82) is 0 Å². The minimum absolute atomic E-state index is 0.1000. The highest BCUT2D eigenvalue weighted by Crippen LogP contribution is 2.38. The first-order valence-electron chi connectivity index (χ1n) is 10.3. The van der Waals surface area contributed by atoms with Gasteiger partial charge in [0.2, 0.25) is 0 Å². The number of sulfonamides is 1. The van der Waals surface area contributed by atoms with E-state index in [1.165, 1.54) is 44.6 Å². The van der Waals surface area contributed by atoms with Gasteiger partial charge in [-0.2, -0.15) is 0 Å². The highest BCUT2D eigenvalue weighted by atomic mass is 32.2. The van der Waals surface area contributed by atoms with Gasteiger partial charge in [0.15, 0.2) is 11.5 Å². The third-order valence-electron chi connectivity index (χ3n) is 5.50. The summed E-state index contributed by atoms with van der Waals surface area (Å²) < 4.78 is 39.0. The molecule has 0 aliphatic carbocycles. The molecule has 10 heteroatoms. The second-order valence-corrected chi connectivity index (χ2v) is 9.49. The molecule has 176 valence electrons. The van der Waals surface area contributed by atoms with Crippen molar-refractivity contribution < 1.29 is 22.8 Å². The number of hydrazine groups is 1. The van der Waals surface area contributed by atoms with Gasteiger partial charge < -0.3 is 14.9 Å². The second kappa shape index (κ2) is 9.16. The van der Waals surface area contributed by atoms with Crippen molar-refractivity contribution in [2.45, 2.75) is 17.9 Å². The number of benzene rings is 3. The molecule has 0 fully saturated rings. The number of rotatable bonds is 7. The van der Waals surface area contributed by atoms with Crippen LogP contribution in [0.15, 0.2) is 77.7 Å². The number of nitro benzene ring substituents is 1. The van der Waals surface area contributed by atoms with Crippen LogP contribution in [0.1, 0.15) is 22.7 Å². The number of non-ortho nitro benzene ring substituents is 1. The minimum Gasteiger partial charge on any atom is -0.493 e. The Morgan fingerprint density at radius 1 is 0.971 bits per heavy atom. The third kappa shape index (κ3) is 4.33. The zero-order valence-corrected chi connectivity index (χ0v) is 19.6. The average Bonchev–Trinajstić information content (AvgIpc) is 3.30. The fraction of sp³-hybridized carbons (Fsp3) is 0.167. The first-order valence-corrected chi connectivity index (χ1v) is 11.7. The highest BCUT2D eigenvalue weighted by molar-refractivity contribution is 7.89. The standard InChI is InChI=1S/C24H23N3O6S/c1-16-7-10-20(11-8-16)34(30,31)26-22(18-5-4-6-19(13-18)27(28)29)15-21(25-26)17-9-12-23(32-2)24(14-17)33-3/h4-15,22,25H,1-3H3. The van der Waals surface area contributed by atoms with E-state index in [-0.39, 0.29) is 10.6 Å². The number of nitro groups is 1. The van der Waals surface area contributed by atoms with Crippen molar-refractivity contribution >= 4 is 21.4 Å². The van der Waals surface area contributed by atoms with Crippen molar-refractivity contribution in [3.63, 3.8) is 0 Å². The molecule has 1 aliphatic rings. The first-order chi connectivity index (χ1) is 16.2. The van der Waals surface area contributed by atoms with Gasteiger partial charge in [-0.05, 0) is 48.9 Å². The van der Waals surface area contributed by atoms with Gasteiger partial charge in [0.05, 0.1) is 35.8 Å². The van der Waals surface area contributed by atoms with Crippen LogP contribution in [0.25, 0.3) is 5.70 Å². The van der Waals surface area contributed by atoms with Crippen molar-refractivity contribution in [3.8, 4) is 11.5 Å². The Hall–Kier alpha value is -3.89. The summed E-state index contributed by atoms with van der Waals surface area (Å²) in [6.07, 6.45) is 1.71. The number of nitrogens with zero attached hydrogens (tertiary/aromatic N) is 2. The molecule has 1 atom stereocenters. The molecule has 0 spiro atoms. The van der Waals surface area contributed by atoms with E-state index in [0.717, 1.165) is 9.98 Å². The molecule has 0 aromatic heterocycles. The van der Waals surface area contributed by atoms with Crippen LogP contribution < -0.4 is 14.9 Å². The van der Waals surface area contributed by atoms with E-state index in [1.54, 1.807) is 42.5 Å². The van der Waals surface area contributed by atoms with Crippen molar-refractivity contribution in [2.24, 2.45) is 0 Å². The normalized spacial score (nSPS) is 16.0. The van der Waals surface area contributed by atoms with Crippen LogP contribution >= 0.6 is 0 Å². The molecule has 0 radical (unpaired) electrons. The summed E-state index contributed by atoms with van der Waals surface area (Å²) in [5, 5.41) is 11.3. The summed E-state index contributed by atoms with van der Waals surface area (Å²) in [4.78, 5) is 10.9. The van der Waals surface area contributed by atoms with E-state index in [0.29, 0.717) is 28.3 Å². The Morgan fingerprint density at radius 3 is 2.32 bits per heavy atom. The van der Waals surface area contributed by atoms with E-state index < -0.39 is 21.0 Å². The topological polar surface area (TPSA) is 111 Å². The fourth-order valence-corrected chi connectivity index (χ4v) is 5.11. The van der Waals surface area contributed by atoms with E-state index in [1.807, 2.05) is 6.92 Å². The zero-order valence-electron chi connectivity index (χ0n) is 18.8. The molecule has 0 saturated carbocycles. The number of aryl methyl sites for hydroxylation is 1. The van der Waals surface area contributed by atoms with Crippen LogP contribution in [-0.4, -0.2) is 32.0 Å². The smallest absolute Gasteiger partial charge is 0.269 e. The average molecular weight is 482 g/mol. The minimum atomic E-state index is -4.01. The Morgan fingerprint density at radius 2 is 1.68 bits per heavy atom. The SMILES string of the molecule is COc1ccc(C2=CC(c3cccc([N+](=O)[O-])c3)N(S(=O)(=O)c3ccc(C)cc3)N2)cc1OC. The van der Waals surface area contributed by atoms with Gasteiger partial charge in [-0.15, -0.1) is 4.41 Å². The molecule has 1 heterocycles. The molecular formula is C24H23N3O6S. The van der Waals surface area contributed by atoms with E-state index in [4.69, 9.17) is 9.47 Å². The van der Waals surface area contributed by atoms with Crippen LogP contribution in [0.4, 0.5) is 5.69 Å². The van der Waals surface area contributed by atoms with Crippen molar-refractivity contribution in [1.82, 2.24) is 9.84 Å². The lowest BCUT2D eigenvalue weighted by Gasteiger charge is -2.25. The summed E-state index contributed by atoms with van der Waals surface area (Å²) in [5.41, 5.74) is 5.41. The summed E-state index contributed by atoms with van der Waals surface area (Å²) in [5.74, 6) is 1.01. The molecule has 0 saturated heterocycles. The van der Waals surface area contributed by atoms with E-state index in [2.05, 4.69) is 5.43 Å². The third-order valence-corrected chi connectivity index (χ3v) is 7.21. The number of methoxy groups -OCH3 is 2. The Labute approximate surface area is 197 Å². The summed E-state index contributed by atoms with van der Waals surface area (Å²) in [6.45, 7) is 1.87. The van der Waals surface area contributed by atoms with Gasteiger partial charge in [-0.3, -0.25) is 10.1 Å². The van der Waals surface area contributed by atoms with E-state index in [9.17, 15) is 18.5 Å². The maximum absolute atomic E-state index is 13.6. The zero-order chi connectivity index (χ0) is 24.5. The van der Waals surface area contributed by atoms with E-state index >= 15 is 0 Å². The predicted molar refractivity (Wildman–Crippen MR) is 127 cm³/mol. The van der Waals surface area contributed by atoms with Crippen LogP contribution in [0.2, 0.25) is 0 Å². The molecule has 3 aromatic carbocycles. The Bertz CT molecular complexity index is 1370. The fourth-order valence-electron chi connectivity index (χ4n) is 3.70. The molecular weight excluding hydrogens is 458 g/mol. The van der Waals surface area contributed by atoms with Crippen LogP contribution in [-0.2, 0) is 10.0 Å². The predicted octanol–water partition coefficient (Wildman–Crippen LogP) is 4.21. The van der Waals surface area contributed by atoms with Crippen LogP contribution in [0.3, 0.4) is 0 Å². The number of hydrogen-bond donors (Lipinski definition) is 1. The Kier molecular flexibility index (Phi) is 6.27. The van der Waals surface area contributed by atoms with Crippen LogP contribution in [0, 0.1) is 17.0 Å². The summed E-state index contributed by atoms with van der Waals surface area (Å²) in [6, 6.07) is 16.8. The van der Waals surface area contributed by atoms with Crippen molar-refractivity contribution in [2.75, 3.05) is 14.2 Å². The van der Waals surface area contributed by atoms with Gasteiger partial charge in [-0.25, -0.2) is 8.42 Å². The van der Waals surface area contributed by atoms with Gasteiger partial charge in [0.25, 0.3) is 15.7 Å². The lowest BCUT2D eigenvalue weighted by atomic mass is 10.0. The summed E-state index contributed by atoms with van der Waals surface area (Å²) >= 11 is 0. The number of nitrogens with one attached hydrogen (secondary N) is 1. The molecule has 1 unspecified atom stereocenters. The van der Waals surface area contributed by atoms with Crippen LogP contribution in [0.5, 0.6) is 11.5 Å². The monoisotopic (exact) mass is 481 g/mol. The lowest BCUT2D eigenvalue weighted by molar-refractivity contribution is -0.384.